The molecule has 7 heteroatoms. The van der Waals surface area contributed by atoms with Crippen LogP contribution in [0.25, 0.3) is 0 Å². The third kappa shape index (κ3) is 4.82. The maximum atomic E-state index is 11.4. The van der Waals surface area contributed by atoms with E-state index in [-0.39, 0.29) is 11.6 Å². The minimum absolute atomic E-state index is 0.0426. The SMILES string of the molecule is CCCNC(=O)CCNc1nc(C(N)=O)ccc1N. The van der Waals surface area contributed by atoms with Crippen LogP contribution in [0.5, 0.6) is 0 Å². The molecule has 0 saturated carbocycles. The molecule has 0 bridgehead atoms. The first-order valence-electron chi connectivity index (χ1n) is 6.11. The molecular weight excluding hydrogens is 246 g/mol. The molecule has 0 spiro atoms. The zero-order chi connectivity index (χ0) is 14.3. The molecule has 6 N–H and O–H groups in total. The highest BCUT2D eigenvalue weighted by Gasteiger charge is 2.07. The van der Waals surface area contributed by atoms with Gasteiger partial charge in [-0.3, -0.25) is 9.59 Å². The lowest BCUT2D eigenvalue weighted by atomic mass is 10.3. The van der Waals surface area contributed by atoms with Crippen LogP contribution < -0.4 is 22.1 Å². The molecule has 1 aromatic heterocycles. The van der Waals surface area contributed by atoms with E-state index in [2.05, 4.69) is 15.6 Å². The molecule has 0 aliphatic rings. The minimum Gasteiger partial charge on any atom is -0.396 e. The van der Waals surface area contributed by atoms with E-state index in [9.17, 15) is 9.59 Å². The Hall–Kier alpha value is -2.31. The van der Waals surface area contributed by atoms with Crippen LogP contribution in [-0.2, 0) is 4.79 Å². The first-order valence-corrected chi connectivity index (χ1v) is 6.11. The van der Waals surface area contributed by atoms with Crippen LogP contribution >= 0.6 is 0 Å². The number of anilines is 2. The monoisotopic (exact) mass is 265 g/mol. The number of nitrogens with two attached hydrogens (primary N) is 2. The van der Waals surface area contributed by atoms with Crippen molar-refractivity contribution < 1.29 is 9.59 Å². The number of nitrogens with zero attached hydrogens (tertiary/aromatic N) is 1. The fraction of sp³-hybridized carbons (Fsp3) is 0.417. The Bertz CT molecular complexity index is 461. The zero-order valence-electron chi connectivity index (χ0n) is 10.9. The number of aromatic nitrogens is 1. The molecule has 19 heavy (non-hydrogen) atoms. The molecule has 1 rings (SSSR count). The number of pyridine rings is 1. The van der Waals surface area contributed by atoms with Gasteiger partial charge in [-0.25, -0.2) is 4.98 Å². The fourth-order valence-electron chi connectivity index (χ4n) is 1.40. The van der Waals surface area contributed by atoms with Crippen molar-refractivity contribution in [3.63, 3.8) is 0 Å². The summed E-state index contributed by atoms with van der Waals surface area (Å²) in [5, 5.41) is 5.67. The van der Waals surface area contributed by atoms with Gasteiger partial charge in [0.25, 0.3) is 5.91 Å². The number of hydrogen-bond acceptors (Lipinski definition) is 5. The third-order valence-corrected chi connectivity index (χ3v) is 2.40. The molecule has 0 aliphatic carbocycles. The van der Waals surface area contributed by atoms with E-state index in [0.29, 0.717) is 31.0 Å². The largest absolute Gasteiger partial charge is 0.396 e. The first-order chi connectivity index (χ1) is 9.04. The van der Waals surface area contributed by atoms with Gasteiger partial charge in [0, 0.05) is 19.5 Å². The Morgan fingerprint density at radius 3 is 2.68 bits per heavy atom. The number of amides is 2. The second kappa shape index (κ2) is 7.20. The lowest BCUT2D eigenvalue weighted by molar-refractivity contribution is -0.120. The Balaban J connectivity index is 2.51. The summed E-state index contributed by atoms with van der Waals surface area (Å²) < 4.78 is 0. The van der Waals surface area contributed by atoms with Crippen LogP contribution in [0, 0.1) is 0 Å². The molecule has 1 heterocycles. The second-order valence-corrected chi connectivity index (χ2v) is 4.03. The van der Waals surface area contributed by atoms with Gasteiger partial charge in [-0.05, 0) is 18.6 Å². The van der Waals surface area contributed by atoms with E-state index in [1.807, 2.05) is 6.92 Å². The van der Waals surface area contributed by atoms with Crippen molar-refractivity contribution in [2.24, 2.45) is 5.73 Å². The van der Waals surface area contributed by atoms with Gasteiger partial charge in [0.2, 0.25) is 5.91 Å². The van der Waals surface area contributed by atoms with Gasteiger partial charge in [-0.15, -0.1) is 0 Å². The maximum absolute atomic E-state index is 11.4. The van der Waals surface area contributed by atoms with Crippen LogP contribution in [0.15, 0.2) is 12.1 Å². The van der Waals surface area contributed by atoms with Crippen molar-refractivity contribution >= 4 is 23.3 Å². The lowest BCUT2D eigenvalue weighted by Gasteiger charge is -2.09. The molecule has 0 fully saturated rings. The van der Waals surface area contributed by atoms with E-state index in [0.717, 1.165) is 6.42 Å². The molecule has 2 amide bonds. The van der Waals surface area contributed by atoms with Gasteiger partial charge in [0.15, 0.2) is 0 Å². The molecule has 0 atom stereocenters. The zero-order valence-corrected chi connectivity index (χ0v) is 10.9. The number of primary amides is 1. The van der Waals surface area contributed by atoms with Crippen LogP contribution in [0.3, 0.4) is 0 Å². The summed E-state index contributed by atoms with van der Waals surface area (Å²) >= 11 is 0. The highest BCUT2D eigenvalue weighted by molar-refractivity contribution is 5.91. The van der Waals surface area contributed by atoms with Crippen molar-refractivity contribution in [2.45, 2.75) is 19.8 Å². The summed E-state index contributed by atoms with van der Waals surface area (Å²) in [6, 6.07) is 3.00. The van der Waals surface area contributed by atoms with Gasteiger partial charge < -0.3 is 22.1 Å². The maximum Gasteiger partial charge on any atom is 0.267 e. The van der Waals surface area contributed by atoms with Crippen LogP contribution in [-0.4, -0.2) is 29.9 Å². The van der Waals surface area contributed by atoms with Crippen molar-refractivity contribution in [1.82, 2.24) is 10.3 Å². The molecule has 7 nitrogen and oxygen atoms in total. The fourth-order valence-corrected chi connectivity index (χ4v) is 1.40. The summed E-state index contributed by atoms with van der Waals surface area (Å²) in [5.74, 6) is -0.303. The molecule has 0 aliphatic heterocycles. The summed E-state index contributed by atoms with van der Waals surface area (Å²) in [7, 11) is 0. The molecule has 1 aromatic rings. The Morgan fingerprint density at radius 1 is 1.32 bits per heavy atom. The summed E-state index contributed by atoms with van der Waals surface area (Å²) in [6.07, 6.45) is 1.20. The van der Waals surface area contributed by atoms with Crippen LogP contribution in [0.2, 0.25) is 0 Å². The average molecular weight is 265 g/mol. The smallest absolute Gasteiger partial charge is 0.267 e. The van der Waals surface area contributed by atoms with E-state index in [4.69, 9.17) is 11.5 Å². The van der Waals surface area contributed by atoms with Gasteiger partial charge >= 0.3 is 0 Å². The quantitative estimate of drug-likeness (QED) is 0.556. The molecular formula is C12H19N5O2. The number of nitrogens with one attached hydrogen (secondary N) is 2. The van der Waals surface area contributed by atoms with Crippen molar-refractivity contribution in [3.8, 4) is 0 Å². The minimum atomic E-state index is -0.622. The average Bonchev–Trinajstić information content (AvgIpc) is 2.38. The van der Waals surface area contributed by atoms with Gasteiger partial charge in [-0.1, -0.05) is 6.92 Å². The van der Waals surface area contributed by atoms with Crippen molar-refractivity contribution in [1.29, 1.82) is 0 Å². The molecule has 0 saturated heterocycles. The third-order valence-electron chi connectivity index (χ3n) is 2.40. The van der Waals surface area contributed by atoms with E-state index >= 15 is 0 Å². The van der Waals surface area contributed by atoms with E-state index < -0.39 is 5.91 Å². The normalized spacial score (nSPS) is 9.95. The Kier molecular flexibility index (Phi) is 5.59. The van der Waals surface area contributed by atoms with Crippen LogP contribution in [0.4, 0.5) is 11.5 Å². The van der Waals surface area contributed by atoms with Gasteiger partial charge in [-0.2, -0.15) is 0 Å². The Morgan fingerprint density at radius 2 is 2.05 bits per heavy atom. The summed E-state index contributed by atoms with van der Waals surface area (Å²) in [5.41, 5.74) is 11.4. The molecule has 0 unspecified atom stereocenters. The van der Waals surface area contributed by atoms with Crippen LogP contribution in [0.1, 0.15) is 30.3 Å². The summed E-state index contributed by atoms with van der Waals surface area (Å²) in [4.78, 5) is 26.4. The lowest BCUT2D eigenvalue weighted by Crippen LogP contribution is -2.26. The van der Waals surface area contributed by atoms with E-state index in [1.165, 1.54) is 6.07 Å². The number of hydrogen-bond donors (Lipinski definition) is 4. The predicted octanol–water partition coefficient (Wildman–Crippen LogP) is 0.0909. The van der Waals surface area contributed by atoms with Gasteiger partial charge in [0.05, 0.1) is 5.69 Å². The second-order valence-electron chi connectivity index (χ2n) is 4.03. The number of nitrogen functional groups attached to an aromatic ring is 1. The molecule has 0 radical (unpaired) electrons. The highest BCUT2D eigenvalue weighted by Crippen LogP contribution is 2.15. The standard InChI is InChI=1S/C12H19N5O2/c1-2-6-15-10(18)5-7-16-12-8(13)3-4-9(17-12)11(14)19/h3-4H,2,5-7,13H2,1H3,(H2,14,19)(H,15,18)(H,16,17). The molecule has 0 aromatic carbocycles. The topological polar surface area (TPSA) is 123 Å². The highest BCUT2D eigenvalue weighted by atomic mass is 16.2. The van der Waals surface area contributed by atoms with Gasteiger partial charge in [0.1, 0.15) is 11.5 Å². The van der Waals surface area contributed by atoms with Crippen molar-refractivity contribution in [2.75, 3.05) is 24.1 Å². The van der Waals surface area contributed by atoms with Crippen molar-refractivity contribution in [3.05, 3.63) is 17.8 Å². The summed E-state index contributed by atoms with van der Waals surface area (Å²) in [6.45, 7) is 3.03. The first kappa shape index (κ1) is 14.7. The number of carbonyl (C=O) groups excluding carboxylic acids is 2. The predicted molar refractivity (Wildman–Crippen MR) is 73.6 cm³/mol. The Labute approximate surface area is 111 Å². The number of carbonyl (C=O) groups is 2. The molecule has 104 valence electrons. The number of rotatable bonds is 7. The van der Waals surface area contributed by atoms with E-state index in [1.54, 1.807) is 6.07 Å².